The van der Waals surface area contributed by atoms with Crippen molar-refractivity contribution in [3.05, 3.63) is 29.3 Å². The fourth-order valence-corrected chi connectivity index (χ4v) is 1.52. The molecule has 3 nitrogen and oxygen atoms in total. The van der Waals surface area contributed by atoms with Crippen LogP contribution in [0.3, 0.4) is 0 Å². The van der Waals surface area contributed by atoms with E-state index in [1.165, 1.54) is 5.56 Å². The molecule has 16 heavy (non-hydrogen) atoms. The van der Waals surface area contributed by atoms with Crippen LogP contribution in [0.2, 0.25) is 0 Å². The Labute approximate surface area is 97.0 Å². The van der Waals surface area contributed by atoms with Gasteiger partial charge in [-0.05, 0) is 31.0 Å². The Morgan fingerprint density at radius 1 is 1.44 bits per heavy atom. The number of hydrogen-bond donors (Lipinski definition) is 1. The Morgan fingerprint density at radius 2 is 2.25 bits per heavy atom. The molecule has 0 aromatic heterocycles. The smallest absolute Gasteiger partial charge is 0.122 e. The molecule has 1 aromatic carbocycles. The van der Waals surface area contributed by atoms with Crippen molar-refractivity contribution in [3.8, 4) is 11.8 Å². The lowest BCUT2D eigenvalue weighted by atomic mass is 10.1. The molecule has 0 fully saturated rings. The zero-order valence-electron chi connectivity index (χ0n) is 9.92. The second-order valence-corrected chi connectivity index (χ2v) is 3.62. The van der Waals surface area contributed by atoms with Crippen LogP contribution >= 0.6 is 0 Å². The monoisotopic (exact) mass is 218 g/mol. The van der Waals surface area contributed by atoms with Crippen LogP contribution in [-0.2, 0) is 6.54 Å². The Morgan fingerprint density at radius 3 is 2.88 bits per heavy atom. The fourth-order valence-electron chi connectivity index (χ4n) is 1.52. The van der Waals surface area contributed by atoms with E-state index in [1.807, 2.05) is 19.9 Å². The molecule has 0 radical (unpaired) electrons. The molecule has 0 aliphatic heterocycles. The molecule has 0 spiro atoms. The molecule has 0 aliphatic rings. The van der Waals surface area contributed by atoms with Gasteiger partial charge in [-0.15, -0.1) is 0 Å². The van der Waals surface area contributed by atoms with Crippen molar-refractivity contribution in [3.63, 3.8) is 0 Å². The van der Waals surface area contributed by atoms with Gasteiger partial charge in [0.2, 0.25) is 0 Å². The minimum absolute atomic E-state index is 0.552. The molecule has 0 unspecified atom stereocenters. The zero-order valence-corrected chi connectivity index (χ0v) is 9.92. The van der Waals surface area contributed by atoms with E-state index < -0.39 is 0 Å². The normalized spacial score (nSPS) is 9.81. The second kappa shape index (κ2) is 6.86. The van der Waals surface area contributed by atoms with Gasteiger partial charge in [-0.3, -0.25) is 0 Å². The minimum Gasteiger partial charge on any atom is -0.494 e. The first-order valence-corrected chi connectivity index (χ1v) is 5.58. The third-order valence-corrected chi connectivity index (χ3v) is 2.28. The van der Waals surface area contributed by atoms with Crippen LogP contribution in [0.1, 0.15) is 24.5 Å². The highest BCUT2D eigenvalue weighted by molar-refractivity contribution is 5.36. The summed E-state index contributed by atoms with van der Waals surface area (Å²) in [5.41, 5.74) is 2.38. The topological polar surface area (TPSA) is 45.0 Å². The van der Waals surface area contributed by atoms with Crippen molar-refractivity contribution in [2.24, 2.45) is 0 Å². The number of nitriles is 1. The van der Waals surface area contributed by atoms with Crippen LogP contribution in [0, 0.1) is 18.3 Å². The van der Waals surface area contributed by atoms with Crippen LogP contribution in [0.15, 0.2) is 18.2 Å². The molecule has 0 saturated heterocycles. The van der Waals surface area contributed by atoms with E-state index in [0.717, 1.165) is 24.4 Å². The standard InChI is InChI=1S/C13H18N2O/c1-3-16-13-6-5-12(9-11(13)2)10-15-8-4-7-14/h5-6,9,15H,3-4,8,10H2,1-2H3. The lowest BCUT2D eigenvalue weighted by molar-refractivity contribution is 0.338. The van der Waals surface area contributed by atoms with Gasteiger partial charge >= 0.3 is 0 Å². The summed E-state index contributed by atoms with van der Waals surface area (Å²) in [7, 11) is 0. The van der Waals surface area contributed by atoms with Crippen LogP contribution in [0.25, 0.3) is 0 Å². The van der Waals surface area contributed by atoms with Crippen LogP contribution in [-0.4, -0.2) is 13.2 Å². The van der Waals surface area contributed by atoms with E-state index in [-0.39, 0.29) is 0 Å². The number of hydrogen-bond acceptors (Lipinski definition) is 3. The molecule has 0 bridgehead atoms. The second-order valence-electron chi connectivity index (χ2n) is 3.62. The molecule has 86 valence electrons. The van der Waals surface area contributed by atoms with Gasteiger partial charge < -0.3 is 10.1 Å². The van der Waals surface area contributed by atoms with Crippen molar-refractivity contribution < 1.29 is 4.74 Å². The summed E-state index contributed by atoms with van der Waals surface area (Å²) < 4.78 is 5.47. The number of rotatable bonds is 6. The van der Waals surface area contributed by atoms with Crippen LogP contribution in [0.4, 0.5) is 0 Å². The van der Waals surface area contributed by atoms with Gasteiger partial charge in [0.05, 0.1) is 12.7 Å². The van der Waals surface area contributed by atoms with Gasteiger partial charge in [0.15, 0.2) is 0 Å². The van der Waals surface area contributed by atoms with E-state index in [4.69, 9.17) is 10.00 Å². The third kappa shape index (κ3) is 3.92. The van der Waals surface area contributed by atoms with E-state index >= 15 is 0 Å². The number of nitrogens with zero attached hydrogens (tertiary/aromatic N) is 1. The average molecular weight is 218 g/mol. The molecule has 1 N–H and O–H groups in total. The number of benzene rings is 1. The van der Waals surface area contributed by atoms with Crippen LogP contribution in [0.5, 0.6) is 5.75 Å². The summed E-state index contributed by atoms with van der Waals surface area (Å²) in [6, 6.07) is 8.28. The molecule has 0 amide bonds. The Balaban J connectivity index is 2.50. The number of ether oxygens (including phenoxy) is 1. The van der Waals surface area contributed by atoms with Gasteiger partial charge in [0.1, 0.15) is 5.75 Å². The first-order chi connectivity index (χ1) is 7.77. The van der Waals surface area contributed by atoms with Crippen molar-refractivity contribution in [2.45, 2.75) is 26.8 Å². The van der Waals surface area contributed by atoms with Crippen LogP contribution < -0.4 is 10.1 Å². The van der Waals surface area contributed by atoms with E-state index in [0.29, 0.717) is 13.0 Å². The maximum absolute atomic E-state index is 8.40. The predicted molar refractivity (Wildman–Crippen MR) is 64.3 cm³/mol. The third-order valence-electron chi connectivity index (χ3n) is 2.28. The first-order valence-electron chi connectivity index (χ1n) is 5.58. The Bertz CT molecular complexity index is 369. The molecular formula is C13H18N2O. The predicted octanol–water partition coefficient (Wildman–Crippen LogP) is 2.40. The lowest BCUT2D eigenvalue weighted by Gasteiger charge is -2.09. The SMILES string of the molecule is CCOc1ccc(CNCCC#N)cc1C. The molecule has 0 aliphatic carbocycles. The number of nitrogens with one attached hydrogen (secondary N) is 1. The highest BCUT2D eigenvalue weighted by atomic mass is 16.5. The van der Waals surface area contributed by atoms with Gasteiger partial charge in [0, 0.05) is 19.5 Å². The quantitative estimate of drug-likeness (QED) is 0.746. The molecule has 0 heterocycles. The van der Waals surface area contributed by atoms with Crippen molar-refractivity contribution in [1.29, 1.82) is 5.26 Å². The summed E-state index contributed by atoms with van der Waals surface area (Å²) in [5.74, 6) is 0.947. The van der Waals surface area contributed by atoms with Crippen molar-refractivity contribution in [2.75, 3.05) is 13.2 Å². The minimum atomic E-state index is 0.552. The summed E-state index contributed by atoms with van der Waals surface area (Å²) in [5, 5.41) is 11.6. The van der Waals surface area contributed by atoms with Crippen molar-refractivity contribution >= 4 is 0 Å². The first kappa shape index (κ1) is 12.5. The van der Waals surface area contributed by atoms with Gasteiger partial charge in [-0.2, -0.15) is 5.26 Å². The summed E-state index contributed by atoms with van der Waals surface area (Å²) in [4.78, 5) is 0. The van der Waals surface area contributed by atoms with E-state index in [2.05, 4.69) is 23.5 Å². The Kier molecular flexibility index (Phi) is 5.38. The molecule has 0 atom stereocenters. The summed E-state index contributed by atoms with van der Waals surface area (Å²) in [6.45, 7) is 6.26. The lowest BCUT2D eigenvalue weighted by Crippen LogP contribution is -2.14. The maximum Gasteiger partial charge on any atom is 0.122 e. The van der Waals surface area contributed by atoms with E-state index in [1.54, 1.807) is 0 Å². The highest BCUT2D eigenvalue weighted by Crippen LogP contribution is 2.18. The van der Waals surface area contributed by atoms with Gasteiger partial charge in [-0.1, -0.05) is 12.1 Å². The molecule has 3 heteroatoms. The molecule has 1 aromatic rings. The largest absolute Gasteiger partial charge is 0.494 e. The van der Waals surface area contributed by atoms with E-state index in [9.17, 15) is 0 Å². The maximum atomic E-state index is 8.40. The fraction of sp³-hybridized carbons (Fsp3) is 0.462. The summed E-state index contributed by atoms with van der Waals surface area (Å²) >= 11 is 0. The average Bonchev–Trinajstić information content (AvgIpc) is 2.28. The number of aryl methyl sites for hydroxylation is 1. The van der Waals surface area contributed by atoms with Gasteiger partial charge in [-0.25, -0.2) is 0 Å². The Hall–Kier alpha value is -1.53. The molecular weight excluding hydrogens is 200 g/mol. The zero-order chi connectivity index (χ0) is 11.8. The highest BCUT2D eigenvalue weighted by Gasteiger charge is 2.00. The molecule has 1 rings (SSSR count). The van der Waals surface area contributed by atoms with Crippen molar-refractivity contribution in [1.82, 2.24) is 5.32 Å². The van der Waals surface area contributed by atoms with Gasteiger partial charge in [0.25, 0.3) is 0 Å². The molecule has 0 saturated carbocycles. The summed E-state index contributed by atoms with van der Waals surface area (Å²) in [6.07, 6.45) is 0.552.